The van der Waals surface area contributed by atoms with Gasteiger partial charge in [0.05, 0.1) is 10.9 Å². The molecule has 158 valence electrons. The minimum Gasteiger partial charge on any atom is -0.460 e. The minimum atomic E-state index is -3.57. The molecule has 29 heavy (non-hydrogen) atoms. The molecule has 0 spiro atoms. The summed E-state index contributed by atoms with van der Waals surface area (Å²) in [5, 5.41) is -0.608. The molecule has 0 amide bonds. The van der Waals surface area contributed by atoms with Gasteiger partial charge in [-0.25, -0.2) is 8.42 Å². The van der Waals surface area contributed by atoms with Crippen molar-refractivity contribution in [1.82, 2.24) is 14.5 Å². The van der Waals surface area contributed by atoms with E-state index >= 15 is 0 Å². The number of nitrogens with zero attached hydrogens (tertiary/aromatic N) is 3. The Hall–Kier alpha value is -2.42. The Kier molecular flexibility index (Phi) is 6.26. The van der Waals surface area contributed by atoms with Gasteiger partial charge >= 0.3 is 6.01 Å². The summed E-state index contributed by atoms with van der Waals surface area (Å²) < 4.78 is 34.7. The van der Waals surface area contributed by atoms with Gasteiger partial charge in [0, 0.05) is 30.4 Å². The molecule has 0 unspecified atom stereocenters. The molecule has 0 radical (unpaired) electrons. The smallest absolute Gasteiger partial charge is 0.319 e. The van der Waals surface area contributed by atoms with Crippen LogP contribution in [0.1, 0.15) is 51.5 Å². The highest BCUT2D eigenvalue weighted by Gasteiger charge is 2.21. The van der Waals surface area contributed by atoms with Gasteiger partial charge in [-0.2, -0.15) is 9.97 Å². The summed E-state index contributed by atoms with van der Waals surface area (Å²) in [6, 6.07) is 3.44. The Balaban J connectivity index is 2.03. The van der Waals surface area contributed by atoms with Crippen LogP contribution in [0, 0.1) is 6.92 Å². The summed E-state index contributed by atoms with van der Waals surface area (Å²) >= 11 is 0. The second-order valence-electron chi connectivity index (χ2n) is 7.82. The number of nitrogens with one attached hydrogen (secondary N) is 1. The SMILES string of the molecule is Cc1cc(-c2cc(NS(=O)(=O)C(C)C)nc(OC3CCCCC3)n2)cn(C)c1=O. The molecule has 0 saturated heterocycles. The van der Waals surface area contributed by atoms with Crippen LogP contribution in [-0.4, -0.2) is 34.3 Å². The predicted octanol–water partition coefficient (Wildman–Crippen LogP) is 3.01. The highest BCUT2D eigenvalue weighted by Crippen LogP contribution is 2.26. The van der Waals surface area contributed by atoms with E-state index in [1.807, 2.05) is 0 Å². The zero-order valence-corrected chi connectivity index (χ0v) is 18.1. The van der Waals surface area contributed by atoms with Crippen LogP contribution < -0.4 is 15.0 Å². The molecule has 2 heterocycles. The van der Waals surface area contributed by atoms with Gasteiger partial charge in [0.2, 0.25) is 10.0 Å². The maximum atomic E-state index is 12.3. The molecule has 0 atom stereocenters. The fourth-order valence-electron chi connectivity index (χ4n) is 3.29. The molecule has 2 aromatic heterocycles. The Morgan fingerprint density at radius 1 is 1.17 bits per heavy atom. The standard InChI is InChI=1S/C20H28N4O4S/c1-13(2)29(26,27)23-18-11-17(15-10-14(3)19(25)24(4)12-15)21-20(22-18)28-16-8-6-5-7-9-16/h10-13,16H,5-9H2,1-4H3,(H,21,22,23). The molecule has 1 fully saturated rings. The molecule has 1 aliphatic carbocycles. The Morgan fingerprint density at radius 2 is 1.86 bits per heavy atom. The Labute approximate surface area is 171 Å². The van der Waals surface area contributed by atoms with Crippen molar-refractivity contribution in [2.45, 2.75) is 64.2 Å². The van der Waals surface area contributed by atoms with E-state index < -0.39 is 15.3 Å². The highest BCUT2D eigenvalue weighted by molar-refractivity contribution is 7.93. The normalized spacial score (nSPS) is 15.5. The van der Waals surface area contributed by atoms with Crippen molar-refractivity contribution >= 4 is 15.8 Å². The van der Waals surface area contributed by atoms with Crippen molar-refractivity contribution in [2.24, 2.45) is 7.05 Å². The molecule has 1 aliphatic rings. The van der Waals surface area contributed by atoms with E-state index in [1.165, 1.54) is 11.0 Å². The van der Waals surface area contributed by atoms with Crippen LogP contribution >= 0.6 is 0 Å². The lowest BCUT2D eigenvalue weighted by molar-refractivity contribution is 0.142. The Bertz CT molecular complexity index is 1010. The molecular formula is C20H28N4O4S. The number of hydrogen-bond acceptors (Lipinski definition) is 6. The van der Waals surface area contributed by atoms with E-state index in [9.17, 15) is 13.2 Å². The number of rotatable bonds is 6. The molecule has 3 rings (SSSR count). The molecule has 0 bridgehead atoms. The van der Waals surface area contributed by atoms with Crippen molar-refractivity contribution in [1.29, 1.82) is 0 Å². The quantitative estimate of drug-likeness (QED) is 0.770. The molecule has 0 aromatic carbocycles. The molecule has 0 aliphatic heterocycles. The first-order valence-corrected chi connectivity index (χ1v) is 11.5. The average molecular weight is 421 g/mol. The van der Waals surface area contributed by atoms with Gasteiger partial charge in [-0.3, -0.25) is 9.52 Å². The summed E-state index contributed by atoms with van der Waals surface area (Å²) in [6.45, 7) is 4.93. The summed E-state index contributed by atoms with van der Waals surface area (Å²) in [5.41, 5.74) is 1.65. The van der Waals surface area contributed by atoms with E-state index in [0.717, 1.165) is 25.7 Å². The van der Waals surface area contributed by atoms with Crippen molar-refractivity contribution in [3.8, 4) is 17.3 Å². The van der Waals surface area contributed by atoms with Gasteiger partial charge < -0.3 is 9.30 Å². The van der Waals surface area contributed by atoms with Gasteiger partial charge in [-0.1, -0.05) is 6.42 Å². The summed E-state index contributed by atoms with van der Waals surface area (Å²) in [7, 11) is -1.91. The summed E-state index contributed by atoms with van der Waals surface area (Å²) in [6.07, 6.45) is 6.93. The fraction of sp³-hybridized carbons (Fsp3) is 0.550. The number of ether oxygens (including phenoxy) is 1. The zero-order chi connectivity index (χ0) is 21.2. The van der Waals surface area contributed by atoms with Gasteiger partial charge in [0.1, 0.15) is 11.9 Å². The number of sulfonamides is 1. The van der Waals surface area contributed by atoms with E-state index in [0.29, 0.717) is 16.8 Å². The van der Waals surface area contributed by atoms with Crippen molar-refractivity contribution in [3.05, 3.63) is 34.2 Å². The molecule has 1 saturated carbocycles. The first-order chi connectivity index (χ1) is 13.7. The van der Waals surface area contributed by atoms with Crippen LogP contribution in [0.3, 0.4) is 0 Å². The molecule has 1 N–H and O–H groups in total. The van der Waals surface area contributed by atoms with E-state index in [2.05, 4.69) is 14.7 Å². The lowest BCUT2D eigenvalue weighted by atomic mass is 9.98. The van der Waals surface area contributed by atoms with Crippen LogP contribution in [0.4, 0.5) is 5.82 Å². The fourth-order valence-corrected chi connectivity index (χ4v) is 3.92. The first kappa shape index (κ1) is 21.3. The lowest BCUT2D eigenvalue weighted by Gasteiger charge is -2.22. The third kappa shape index (κ3) is 5.14. The van der Waals surface area contributed by atoms with E-state index in [1.54, 1.807) is 46.1 Å². The van der Waals surface area contributed by atoms with Crippen LogP contribution in [0.25, 0.3) is 11.3 Å². The monoisotopic (exact) mass is 420 g/mol. The van der Waals surface area contributed by atoms with E-state index in [4.69, 9.17) is 4.74 Å². The van der Waals surface area contributed by atoms with Crippen LogP contribution in [0.5, 0.6) is 6.01 Å². The summed E-state index contributed by atoms with van der Waals surface area (Å²) in [5.74, 6) is 0.154. The van der Waals surface area contributed by atoms with Crippen LogP contribution in [-0.2, 0) is 17.1 Å². The van der Waals surface area contributed by atoms with Crippen molar-refractivity contribution in [2.75, 3.05) is 4.72 Å². The molecular weight excluding hydrogens is 392 g/mol. The molecule has 9 heteroatoms. The average Bonchev–Trinajstić information content (AvgIpc) is 2.66. The summed E-state index contributed by atoms with van der Waals surface area (Å²) in [4.78, 5) is 20.8. The minimum absolute atomic E-state index is 0.0235. The number of hydrogen-bond donors (Lipinski definition) is 1. The first-order valence-electron chi connectivity index (χ1n) is 9.91. The van der Waals surface area contributed by atoms with Gasteiger partial charge in [0.15, 0.2) is 0 Å². The predicted molar refractivity (Wildman–Crippen MR) is 113 cm³/mol. The number of aryl methyl sites for hydroxylation is 2. The largest absolute Gasteiger partial charge is 0.460 e. The highest BCUT2D eigenvalue weighted by atomic mass is 32.2. The maximum Gasteiger partial charge on any atom is 0.319 e. The topological polar surface area (TPSA) is 103 Å². The van der Waals surface area contributed by atoms with Crippen LogP contribution in [0.15, 0.2) is 23.1 Å². The van der Waals surface area contributed by atoms with Crippen molar-refractivity contribution in [3.63, 3.8) is 0 Å². The maximum absolute atomic E-state index is 12.3. The number of pyridine rings is 1. The van der Waals surface area contributed by atoms with Gasteiger partial charge in [0.25, 0.3) is 5.56 Å². The Morgan fingerprint density at radius 3 is 2.48 bits per heavy atom. The molecule has 2 aromatic rings. The van der Waals surface area contributed by atoms with Crippen molar-refractivity contribution < 1.29 is 13.2 Å². The molecule has 8 nitrogen and oxygen atoms in total. The second-order valence-corrected chi connectivity index (χ2v) is 10.1. The zero-order valence-electron chi connectivity index (χ0n) is 17.3. The van der Waals surface area contributed by atoms with Crippen LogP contribution in [0.2, 0.25) is 0 Å². The lowest BCUT2D eigenvalue weighted by Crippen LogP contribution is -2.24. The number of anilines is 1. The third-order valence-corrected chi connectivity index (χ3v) is 6.79. The van der Waals surface area contributed by atoms with Gasteiger partial charge in [-0.05, 0) is 52.5 Å². The number of aromatic nitrogens is 3. The third-order valence-electron chi connectivity index (χ3n) is 5.06. The van der Waals surface area contributed by atoms with Gasteiger partial charge in [-0.15, -0.1) is 0 Å². The van der Waals surface area contributed by atoms with E-state index in [-0.39, 0.29) is 23.5 Å². The second kappa shape index (κ2) is 8.52.